The maximum Gasteiger partial charge on any atom is 0.215 e. The average molecular weight is 261 g/mol. The molecule has 17 heavy (non-hydrogen) atoms. The molecule has 2 saturated heterocycles. The Morgan fingerprint density at radius 3 is 2.82 bits per heavy atom. The monoisotopic (exact) mass is 261 g/mol. The molecule has 0 amide bonds. The summed E-state index contributed by atoms with van der Waals surface area (Å²) >= 11 is 0. The van der Waals surface area contributed by atoms with Gasteiger partial charge in [0.1, 0.15) is 0 Å². The molecule has 2 fully saturated rings. The molecule has 0 radical (unpaired) electrons. The van der Waals surface area contributed by atoms with Gasteiger partial charge in [0, 0.05) is 25.2 Å². The summed E-state index contributed by atoms with van der Waals surface area (Å²) in [5.74, 6) is 0. The maximum absolute atomic E-state index is 12.0. The zero-order chi connectivity index (χ0) is 12.5. The molecule has 2 aliphatic heterocycles. The van der Waals surface area contributed by atoms with Gasteiger partial charge in [0.2, 0.25) is 10.0 Å². The first-order chi connectivity index (χ1) is 8.04. The fraction of sp³-hybridized carbons (Fsp3) is 1.00. The molecule has 0 aromatic carbocycles. The molecule has 0 saturated carbocycles. The fourth-order valence-electron chi connectivity index (χ4n) is 2.84. The molecule has 0 bridgehead atoms. The summed E-state index contributed by atoms with van der Waals surface area (Å²) in [6, 6.07) is 0.498. The number of hydrogen-bond donors (Lipinski definition) is 2. The van der Waals surface area contributed by atoms with E-state index in [0.717, 1.165) is 25.9 Å². The SMILES string of the molecule is CC(CN)S(=O)(=O)NC1CCN2CCCCC12. The number of hydrogen-bond acceptors (Lipinski definition) is 4. The Labute approximate surface area is 104 Å². The smallest absolute Gasteiger partial charge is 0.215 e. The predicted molar refractivity (Wildman–Crippen MR) is 68.2 cm³/mol. The zero-order valence-electron chi connectivity index (χ0n) is 10.4. The van der Waals surface area contributed by atoms with Crippen molar-refractivity contribution in [2.24, 2.45) is 5.73 Å². The van der Waals surface area contributed by atoms with Gasteiger partial charge in [-0.3, -0.25) is 4.90 Å². The van der Waals surface area contributed by atoms with Crippen LogP contribution in [0.5, 0.6) is 0 Å². The Bertz CT molecular complexity index is 358. The first-order valence-electron chi connectivity index (χ1n) is 6.50. The van der Waals surface area contributed by atoms with Crippen LogP contribution in [0.3, 0.4) is 0 Å². The van der Waals surface area contributed by atoms with Gasteiger partial charge in [0.25, 0.3) is 0 Å². The third kappa shape index (κ3) is 2.81. The third-order valence-electron chi connectivity index (χ3n) is 4.03. The molecule has 0 aliphatic carbocycles. The van der Waals surface area contributed by atoms with Crippen LogP contribution in [0, 0.1) is 0 Å². The lowest BCUT2D eigenvalue weighted by Gasteiger charge is -2.32. The molecule has 0 aromatic heterocycles. The highest BCUT2D eigenvalue weighted by molar-refractivity contribution is 7.90. The molecular formula is C11H23N3O2S. The highest BCUT2D eigenvalue weighted by Gasteiger charge is 2.38. The second-order valence-electron chi connectivity index (χ2n) is 5.20. The van der Waals surface area contributed by atoms with Crippen molar-refractivity contribution in [2.75, 3.05) is 19.6 Å². The highest BCUT2D eigenvalue weighted by atomic mass is 32.2. The third-order valence-corrected chi connectivity index (χ3v) is 5.92. The molecule has 0 spiro atoms. The summed E-state index contributed by atoms with van der Waals surface area (Å²) in [6.07, 6.45) is 4.51. The molecule has 5 nitrogen and oxygen atoms in total. The van der Waals surface area contributed by atoms with Crippen molar-refractivity contribution in [1.82, 2.24) is 9.62 Å². The van der Waals surface area contributed by atoms with Crippen molar-refractivity contribution in [3.63, 3.8) is 0 Å². The van der Waals surface area contributed by atoms with Crippen molar-refractivity contribution >= 4 is 10.0 Å². The fourth-order valence-corrected chi connectivity index (χ4v) is 4.02. The van der Waals surface area contributed by atoms with E-state index < -0.39 is 15.3 Å². The number of rotatable bonds is 4. The average Bonchev–Trinajstić information content (AvgIpc) is 2.71. The first-order valence-corrected chi connectivity index (χ1v) is 8.04. The molecule has 0 aromatic rings. The number of piperidine rings is 1. The molecule has 3 N–H and O–H groups in total. The van der Waals surface area contributed by atoms with Gasteiger partial charge in [0.05, 0.1) is 5.25 Å². The Balaban J connectivity index is 2.00. The molecule has 2 aliphatic rings. The minimum absolute atomic E-state index is 0.0919. The molecule has 6 heteroatoms. The zero-order valence-corrected chi connectivity index (χ0v) is 11.2. The van der Waals surface area contributed by atoms with E-state index in [1.165, 1.54) is 12.8 Å². The molecule has 100 valence electrons. The van der Waals surface area contributed by atoms with Crippen LogP contribution in [0.2, 0.25) is 0 Å². The van der Waals surface area contributed by atoms with Gasteiger partial charge in [-0.25, -0.2) is 13.1 Å². The highest BCUT2D eigenvalue weighted by Crippen LogP contribution is 2.27. The van der Waals surface area contributed by atoms with Crippen molar-refractivity contribution < 1.29 is 8.42 Å². The van der Waals surface area contributed by atoms with Crippen LogP contribution in [0.4, 0.5) is 0 Å². The van der Waals surface area contributed by atoms with Crippen LogP contribution in [0.1, 0.15) is 32.6 Å². The second kappa shape index (κ2) is 5.22. The molecule has 2 heterocycles. The lowest BCUT2D eigenvalue weighted by atomic mass is 10.00. The lowest BCUT2D eigenvalue weighted by Crippen LogP contribution is -2.49. The van der Waals surface area contributed by atoms with Crippen LogP contribution in [0.25, 0.3) is 0 Å². The number of sulfonamides is 1. The van der Waals surface area contributed by atoms with Crippen molar-refractivity contribution in [3.05, 3.63) is 0 Å². The second-order valence-corrected chi connectivity index (χ2v) is 7.33. The van der Waals surface area contributed by atoms with E-state index in [1.54, 1.807) is 6.92 Å². The van der Waals surface area contributed by atoms with E-state index in [1.807, 2.05) is 0 Å². The minimum Gasteiger partial charge on any atom is -0.329 e. The first kappa shape index (κ1) is 13.3. The van der Waals surface area contributed by atoms with E-state index >= 15 is 0 Å². The van der Waals surface area contributed by atoms with Crippen molar-refractivity contribution in [1.29, 1.82) is 0 Å². The predicted octanol–water partition coefficient (Wildman–Crippen LogP) is -0.120. The van der Waals surface area contributed by atoms with Gasteiger partial charge >= 0.3 is 0 Å². The molecular weight excluding hydrogens is 238 g/mol. The Hall–Kier alpha value is -0.170. The Morgan fingerprint density at radius 1 is 1.35 bits per heavy atom. The topological polar surface area (TPSA) is 75.4 Å². The van der Waals surface area contributed by atoms with E-state index in [9.17, 15) is 8.42 Å². The van der Waals surface area contributed by atoms with Crippen LogP contribution in [0.15, 0.2) is 0 Å². The molecule has 3 atom stereocenters. The van der Waals surface area contributed by atoms with Crippen molar-refractivity contribution in [2.45, 2.75) is 49.9 Å². The van der Waals surface area contributed by atoms with Gasteiger partial charge in [0.15, 0.2) is 0 Å². The number of nitrogens with zero attached hydrogens (tertiary/aromatic N) is 1. The summed E-state index contributed by atoms with van der Waals surface area (Å²) < 4.78 is 26.8. The van der Waals surface area contributed by atoms with Gasteiger partial charge in [-0.15, -0.1) is 0 Å². The van der Waals surface area contributed by atoms with Gasteiger partial charge < -0.3 is 5.73 Å². The van der Waals surface area contributed by atoms with Gasteiger partial charge in [-0.1, -0.05) is 6.42 Å². The van der Waals surface area contributed by atoms with E-state index in [-0.39, 0.29) is 12.6 Å². The van der Waals surface area contributed by atoms with Gasteiger partial charge in [-0.05, 0) is 32.7 Å². The van der Waals surface area contributed by atoms with Crippen LogP contribution < -0.4 is 10.5 Å². The minimum atomic E-state index is -3.25. The summed E-state index contributed by atoms with van der Waals surface area (Å²) in [5.41, 5.74) is 5.43. The maximum atomic E-state index is 12.0. The largest absolute Gasteiger partial charge is 0.329 e. The summed E-state index contributed by atoms with van der Waals surface area (Å²) in [5, 5.41) is -0.500. The summed E-state index contributed by atoms with van der Waals surface area (Å²) in [7, 11) is -3.25. The summed E-state index contributed by atoms with van der Waals surface area (Å²) in [4.78, 5) is 2.42. The van der Waals surface area contributed by atoms with Crippen molar-refractivity contribution in [3.8, 4) is 0 Å². The van der Waals surface area contributed by atoms with Crippen LogP contribution in [-0.4, -0.2) is 50.3 Å². The quantitative estimate of drug-likeness (QED) is 0.740. The van der Waals surface area contributed by atoms with Crippen LogP contribution in [-0.2, 0) is 10.0 Å². The van der Waals surface area contributed by atoms with E-state index in [4.69, 9.17) is 5.73 Å². The number of nitrogens with one attached hydrogen (secondary N) is 1. The van der Waals surface area contributed by atoms with E-state index in [2.05, 4.69) is 9.62 Å². The van der Waals surface area contributed by atoms with Gasteiger partial charge in [-0.2, -0.15) is 0 Å². The number of nitrogens with two attached hydrogens (primary N) is 1. The lowest BCUT2D eigenvalue weighted by molar-refractivity contribution is 0.186. The Kier molecular flexibility index (Phi) is 4.07. The standard InChI is InChI=1S/C11H23N3O2S/c1-9(8-12)17(15,16)13-10-5-7-14-6-3-2-4-11(10)14/h9-11,13H,2-8,12H2,1H3. The van der Waals surface area contributed by atoms with E-state index in [0.29, 0.717) is 6.04 Å². The molecule has 2 rings (SSSR count). The van der Waals surface area contributed by atoms with Crippen LogP contribution >= 0.6 is 0 Å². The number of fused-ring (bicyclic) bond motifs is 1. The Morgan fingerprint density at radius 2 is 2.12 bits per heavy atom. The normalized spacial score (nSPS) is 32.4. The summed E-state index contributed by atoms with van der Waals surface area (Å²) in [6.45, 7) is 3.98. The molecule has 3 unspecified atom stereocenters.